The zero-order valence-electron chi connectivity index (χ0n) is 36.4. The van der Waals surface area contributed by atoms with E-state index in [2.05, 4.69) is 212 Å². The number of aryl methyl sites for hydroxylation is 1. The Balaban J connectivity index is 0.907. The van der Waals surface area contributed by atoms with Gasteiger partial charge in [0.1, 0.15) is 11.3 Å². The van der Waals surface area contributed by atoms with Crippen LogP contribution in [0.1, 0.15) is 23.3 Å². The highest BCUT2D eigenvalue weighted by Crippen LogP contribution is 2.45. The Morgan fingerprint density at radius 2 is 0.836 bits per heavy atom. The van der Waals surface area contributed by atoms with Crippen LogP contribution in [0.2, 0.25) is 0 Å². The monoisotopic (exact) mass is 853 g/mol. The third-order valence-corrected chi connectivity index (χ3v) is 13.9. The van der Waals surface area contributed by atoms with Gasteiger partial charge in [0.25, 0.3) is 0 Å². The Kier molecular flexibility index (Phi) is 8.37. The van der Waals surface area contributed by atoms with Crippen molar-refractivity contribution >= 4 is 81.2 Å². The first-order valence-electron chi connectivity index (χ1n) is 23.0. The molecule has 13 aromatic rings. The highest BCUT2D eigenvalue weighted by molar-refractivity contribution is 6.15. The quantitative estimate of drug-likeness (QED) is 0.162. The van der Waals surface area contributed by atoms with E-state index in [4.69, 9.17) is 19.4 Å². The Bertz CT molecular complexity index is 4240. The summed E-state index contributed by atoms with van der Waals surface area (Å²) in [6.07, 6.45) is 4.15. The van der Waals surface area contributed by atoms with Crippen molar-refractivity contribution in [3.63, 3.8) is 0 Å². The van der Waals surface area contributed by atoms with Gasteiger partial charge in [-0.15, -0.1) is 0 Å². The van der Waals surface area contributed by atoms with Gasteiger partial charge in [-0.2, -0.15) is 0 Å². The summed E-state index contributed by atoms with van der Waals surface area (Å²) in [6.45, 7) is 0. The molecule has 0 radical (unpaired) electrons. The molecule has 14 rings (SSSR count). The fourth-order valence-electron chi connectivity index (χ4n) is 10.7. The minimum atomic E-state index is 0.635. The molecule has 2 aromatic heterocycles. The Labute approximate surface area is 386 Å². The summed E-state index contributed by atoms with van der Waals surface area (Å²) in [6, 6.07) is 74.0. The Morgan fingerprint density at radius 1 is 0.328 bits per heavy atom. The molecule has 0 aliphatic heterocycles. The molecule has 0 unspecified atom stereocenters. The molecule has 312 valence electrons. The number of aromatic nitrogens is 3. The van der Waals surface area contributed by atoms with E-state index in [0.717, 1.165) is 73.4 Å². The first kappa shape index (κ1) is 37.6. The summed E-state index contributed by atoms with van der Waals surface area (Å²) >= 11 is 0. The smallest absolute Gasteiger partial charge is 0.164 e. The molecular formula is C63H39N3O. The van der Waals surface area contributed by atoms with E-state index in [9.17, 15) is 0 Å². The molecule has 0 bridgehead atoms. The Hall–Kier alpha value is -8.73. The van der Waals surface area contributed by atoms with Crippen LogP contribution in [-0.2, 0) is 6.42 Å². The second-order valence-electron chi connectivity index (χ2n) is 17.8. The Morgan fingerprint density at radius 3 is 1.63 bits per heavy atom. The minimum absolute atomic E-state index is 0.635. The molecule has 0 saturated carbocycles. The third-order valence-electron chi connectivity index (χ3n) is 13.9. The second-order valence-corrected chi connectivity index (χ2v) is 17.8. The number of benzene rings is 11. The van der Waals surface area contributed by atoms with E-state index < -0.39 is 0 Å². The molecule has 4 heteroatoms. The molecule has 0 atom stereocenters. The summed E-state index contributed by atoms with van der Waals surface area (Å²) in [4.78, 5) is 15.8. The van der Waals surface area contributed by atoms with Gasteiger partial charge in [-0.05, 0) is 130 Å². The lowest BCUT2D eigenvalue weighted by atomic mass is 9.85. The second kappa shape index (κ2) is 14.9. The number of rotatable bonds is 5. The van der Waals surface area contributed by atoms with E-state index in [1.54, 1.807) is 0 Å². The maximum Gasteiger partial charge on any atom is 0.164 e. The van der Waals surface area contributed by atoms with Crippen molar-refractivity contribution in [3.05, 3.63) is 229 Å². The van der Waals surface area contributed by atoms with Crippen molar-refractivity contribution in [3.8, 4) is 45.3 Å². The van der Waals surface area contributed by atoms with Crippen LogP contribution >= 0.6 is 0 Å². The molecule has 0 N–H and O–H groups in total. The number of hydrogen-bond donors (Lipinski definition) is 0. The van der Waals surface area contributed by atoms with Gasteiger partial charge in [-0.25, -0.2) is 15.0 Å². The van der Waals surface area contributed by atoms with Crippen LogP contribution < -0.4 is 0 Å². The van der Waals surface area contributed by atoms with Gasteiger partial charge in [0.05, 0.1) is 0 Å². The first-order chi connectivity index (χ1) is 33.2. The summed E-state index contributed by atoms with van der Waals surface area (Å²) in [5, 5.41) is 15.5. The van der Waals surface area contributed by atoms with Crippen molar-refractivity contribution in [2.75, 3.05) is 0 Å². The van der Waals surface area contributed by atoms with Crippen LogP contribution in [0.5, 0.6) is 0 Å². The van der Waals surface area contributed by atoms with Gasteiger partial charge < -0.3 is 4.42 Å². The first-order valence-corrected chi connectivity index (χ1v) is 23.0. The van der Waals surface area contributed by atoms with Crippen LogP contribution in [-0.4, -0.2) is 15.0 Å². The molecule has 0 saturated heterocycles. The predicted molar refractivity (Wildman–Crippen MR) is 278 cm³/mol. The lowest BCUT2D eigenvalue weighted by molar-refractivity contribution is 0.545. The highest BCUT2D eigenvalue weighted by Gasteiger charge is 2.25. The SMILES string of the molecule is C1=C(c2ccc(-c3nc(-c4ccc5ccccc5c4)nc(-c4ccc5c(ccc6ccccc65)c4)n3)c3ccccc23)c2c(oc3cc(-c4cc5ccccc5c5ccccc45)ccc23)CC1. The molecule has 1 aliphatic rings. The lowest BCUT2D eigenvalue weighted by Gasteiger charge is -2.18. The van der Waals surface area contributed by atoms with Gasteiger partial charge in [-0.1, -0.05) is 176 Å². The van der Waals surface area contributed by atoms with Gasteiger partial charge in [-0.3, -0.25) is 0 Å². The van der Waals surface area contributed by atoms with E-state index in [1.165, 1.54) is 65.4 Å². The normalized spacial score (nSPS) is 12.7. The molecule has 0 amide bonds. The largest absolute Gasteiger partial charge is 0.460 e. The molecule has 0 spiro atoms. The number of nitrogens with zero attached hydrogens (tertiary/aromatic N) is 3. The van der Waals surface area contributed by atoms with Gasteiger partial charge >= 0.3 is 0 Å². The van der Waals surface area contributed by atoms with Gasteiger partial charge in [0.15, 0.2) is 17.5 Å². The van der Waals surface area contributed by atoms with Gasteiger partial charge in [0.2, 0.25) is 0 Å². The fourth-order valence-corrected chi connectivity index (χ4v) is 10.7. The van der Waals surface area contributed by atoms with Crippen molar-refractivity contribution in [2.45, 2.75) is 12.8 Å². The fraction of sp³-hybridized carbons (Fsp3) is 0.0317. The van der Waals surface area contributed by atoms with Crippen molar-refractivity contribution in [1.29, 1.82) is 0 Å². The molecule has 11 aromatic carbocycles. The zero-order valence-corrected chi connectivity index (χ0v) is 36.4. The number of hydrogen-bond acceptors (Lipinski definition) is 4. The maximum absolute atomic E-state index is 6.83. The average Bonchev–Trinajstić information content (AvgIpc) is 3.78. The summed E-state index contributed by atoms with van der Waals surface area (Å²) in [7, 11) is 0. The van der Waals surface area contributed by atoms with Crippen LogP contribution in [0.15, 0.2) is 217 Å². The molecule has 4 nitrogen and oxygen atoms in total. The molecular weight excluding hydrogens is 815 g/mol. The van der Waals surface area contributed by atoms with E-state index >= 15 is 0 Å². The summed E-state index contributed by atoms with van der Waals surface area (Å²) in [5.41, 5.74) is 9.66. The van der Waals surface area contributed by atoms with Crippen LogP contribution in [0.4, 0.5) is 0 Å². The minimum Gasteiger partial charge on any atom is -0.460 e. The molecule has 2 heterocycles. The lowest BCUT2D eigenvalue weighted by Crippen LogP contribution is -2.02. The average molecular weight is 854 g/mol. The highest BCUT2D eigenvalue weighted by atomic mass is 16.3. The van der Waals surface area contributed by atoms with Crippen molar-refractivity contribution in [2.24, 2.45) is 0 Å². The maximum atomic E-state index is 6.83. The van der Waals surface area contributed by atoms with Crippen LogP contribution in [0, 0.1) is 0 Å². The topological polar surface area (TPSA) is 51.8 Å². The number of fused-ring (bicyclic) bond motifs is 11. The number of furan rings is 1. The molecule has 1 aliphatic carbocycles. The third kappa shape index (κ3) is 6.11. The standard InChI is InChI=1S/C63H39N3O/c1-2-14-40-34-44(27-24-38(40)12-1)61-64-62(45-29-30-48-42(35-45)26-25-39-13-3-5-16-46(39)48)66-63(65-61)55-33-32-53(50-19-8-9-20-51(50)55)54-22-11-23-58-60(54)56-31-28-43(37-59(56)67-58)57-36-41-15-4-6-17-47(41)49-18-7-10-21-52(49)57/h1-10,12-22,24-37H,11,23H2. The van der Waals surface area contributed by atoms with E-state index in [0.29, 0.717) is 17.5 Å². The van der Waals surface area contributed by atoms with Crippen molar-refractivity contribution < 1.29 is 4.42 Å². The summed E-state index contributed by atoms with van der Waals surface area (Å²) in [5.74, 6) is 2.94. The van der Waals surface area contributed by atoms with Gasteiger partial charge in [0, 0.05) is 34.1 Å². The van der Waals surface area contributed by atoms with E-state index in [1.807, 2.05) is 0 Å². The summed E-state index contributed by atoms with van der Waals surface area (Å²) < 4.78 is 6.83. The zero-order chi connectivity index (χ0) is 44.0. The van der Waals surface area contributed by atoms with Crippen LogP contribution in [0.25, 0.3) is 126 Å². The predicted octanol–water partition coefficient (Wildman–Crippen LogP) is 16.6. The molecule has 0 fully saturated rings. The van der Waals surface area contributed by atoms with E-state index in [-0.39, 0.29) is 0 Å². The molecule has 67 heavy (non-hydrogen) atoms. The number of allylic oxidation sites excluding steroid dienone is 1. The van der Waals surface area contributed by atoms with Crippen molar-refractivity contribution in [1.82, 2.24) is 15.0 Å². The van der Waals surface area contributed by atoms with Crippen LogP contribution in [0.3, 0.4) is 0 Å².